The monoisotopic (exact) mass is 402 g/mol. The first-order valence-corrected chi connectivity index (χ1v) is 8.54. The van der Waals surface area contributed by atoms with Crippen molar-refractivity contribution in [3.8, 4) is 0 Å². The van der Waals surface area contributed by atoms with Crippen molar-refractivity contribution in [2.45, 2.75) is 53.7 Å². The molecule has 3 N–H and O–H groups in total. The molecule has 0 radical (unpaired) electrons. The first kappa shape index (κ1) is 29.3. The molecule has 0 aromatic heterocycles. The van der Waals surface area contributed by atoms with Crippen LogP contribution in [-0.4, -0.2) is 54.8 Å². The Balaban J connectivity index is -0.00000264. The highest BCUT2D eigenvalue weighted by molar-refractivity contribution is 7.47. The van der Waals surface area contributed by atoms with Gasteiger partial charge in [0, 0.05) is 12.8 Å². The Bertz CT molecular complexity index is 484. The number of carbonyl (C=O) groups is 3. The SMILES string of the molecule is C.C.CCC(=O)OCC(COP(=O)(O)OCC(N)C(=O)[O-])OC(=O)CC. The van der Waals surface area contributed by atoms with Gasteiger partial charge in [0.25, 0.3) is 0 Å². The van der Waals surface area contributed by atoms with E-state index in [1.807, 2.05) is 0 Å². The highest BCUT2D eigenvalue weighted by Crippen LogP contribution is 2.43. The number of aliphatic carboxylic acids is 1. The molecule has 0 saturated heterocycles. The second kappa shape index (κ2) is 14.6. The maximum Gasteiger partial charge on any atom is 0.472 e. The first-order valence-electron chi connectivity index (χ1n) is 7.04. The fourth-order valence-corrected chi connectivity index (χ4v) is 1.91. The van der Waals surface area contributed by atoms with Crippen LogP contribution in [0.5, 0.6) is 0 Å². The maximum absolute atomic E-state index is 11.6. The van der Waals surface area contributed by atoms with Crippen molar-refractivity contribution in [2.24, 2.45) is 5.73 Å². The minimum atomic E-state index is -4.65. The van der Waals surface area contributed by atoms with Crippen molar-refractivity contribution in [3.63, 3.8) is 0 Å². The Kier molecular flexibility index (Phi) is 16.5. The highest BCUT2D eigenvalue weighted by Gasteiger charge is 2.26. The molecule has 0 aliphatic rings. The molecule has 26 heavy (non-hydrogen) atoms. The van der Waals surface area contributed by atoms with Crippen molar-refractivity contribution in [1.82, 2.24) is 0 Å². The third-order valence-electron chi connectivity index (χ3n) is 2.45. The Morgan fingerprint density at radius 3 is 2.00 bits per heavy atom. The second-order valence-electron chi connectivity index (χ2n) is 4.49. The Hall–Kier alpha value is -1.52. The van der Waals surface area contributed by atoms with Crippen LogP contribution in [0, 0.1) is 0 Å². The summed E-state index contributed by atoms with van der Waals surface area (Å²) >= 11 is 0. The summed E-state index contributed by atoms with van der Waals surface area (Å²) in [5.74, 6) is -2.86. The average Bonchev–Trinajstić information content (AvgIpc) is 2.54. The number of carbonyl (C=O) groups excluding carboxylic acids is 3. The molecule has 12 heteroatoms. The molecular weight excluding hydrogens is 373 g/mol. The number of ether oxygens (including phenoxy) is 2. The van der Waals surface area contributed by atoms with Crippen molar-refractivity contribution in [2.75, 3.05) is 19.8 Å². The van der Waals surface area contributed by atoms with Crippen LogP contribution in [-0.2, 0) is 37.5 Å². The summed E-state index contributed by atoms with van der Waals surface area (Å²) in [6.45, 7) is 1.27. The van der Waals surface area contributed by atoms with Crippen LogP contribution in [0.2, 0.25) is 0 Å². The molecule has 156 valence electrons. The highest BCUT2D eigenvalue weighted by atomic mass is 31.2. The average molecular weight is 402 g/mol. The fourth-order valence-electron chi connectivity index (χ4n) is 1.13. The molecule has 0 heterocycles. The van der Waals surface area contributed by atoms with E-state index in [2.05, 4.69) is 9.05 Å². The van der Waals surface area contributed by atoms with Gasteiger partial charge in [0.05, 0.1) is 25.2 Å². The number of hydrogen-bond donors (Lipinski definition) is 2. The lowest BCUT2D eigenvalue weighted by atomic mass is 10.3. The quantitative estimate of drug-likeness (QED) is 0.325. The molecule has 3 atom stereocenters. The van der Waals surface area contributed by atoms with Crippen molar-refractivity contribution >= 4 is 25.7 Å². The minimum Gasteiger partial charge on any atom is -0.548 e. The van der Waals surface area contributed by atoms with E-state index < -0.39 is 51.1 Å². The number of phosphoric acid groups is 1. The second-order valence-corrected chi connectivity index (χ2v) is 5.94. The smallest absolute Gasteiger partial charge is 0.472 e. The summed E-state index contributed by atoms with van der Waals surface area (Å²) < 4.78 is 30.2. The molecular formula is C14H29NO10P-. The normalized spacial score (nSPS) is 14.6. The number of rotatable bonds is 12. The molecule has 11 nitrogen and oxygen atoms in total. The molecule has 0 rings (SSSR count). The van der Waals surface area contributed by atoms with E-state index in [4.69, 9.17) is 15.2 Å². The number of nitrogens with two attached hydrogens (primary N) is 1. The predicted octanol–water partition coefficient (Wildman–Crippen LogP) is -0.256. The van der Waals surface area contributed by atoms with Gasteiger partial charge in [0.15, 0.2) is 6.10 Å². The molecule has 0 aromatic carbocycles. The molecule has 0 aliphatic carbocycles. The van der Waals surface area contributed by atoms with Crippen LogP contribution >= 0.6 is 7.82 Å². The van der Waals surface area contributed by atoms with Crippen LogP contribution in [0.3, 0.4) is 0 Å². The zero-order chi connectivity index (χ0) is 18.8. The summed E-state index contributed by atoms with van der Waals surface area (Å²) in [5.41, 5.74) is 5.06. The lowest BCUT2D eigenvalue weighted by Crippen LogP contribution is -2.44. The number of carboxylic acids is 1. The number of hydrogen-bond acceptors (Lipinski definition) is 10. The molecule has 0 saturated carbocycles. The lowest BCUT2D eigenvalue weighted by Gasteiger charge is -2.20. The van der Waals surface area contributed by atoms with Gasteiger partial charge < -0.3 is 30.0 Å². The summed E-state index contributed by atoms with van der Waals surface area (Å²) in [7, 11) is -4.65. The van der Waals surface area contributed by atoms with Gasteiger partial charge in [-0.15, -0.1) is 0 Å². The fraction of sp³-hybridized carbons (Fsp3) is 0.786. The Morgan fingerprint density at radius 1 is 1.04 bits per heavy atom. The van der Waals surface area contributed by atoms with Crippen LogP contribution in [0.15, 0.2) is 0 Å². The molecule has 0 bridgehead atoms. The van der Waals surface area contributed by atoms with Crippen molar-refractivity contribution in [1.29, 1.82) is 0 Å². The Labute approximate surface area is 153 Å². The van der Waals surface area contributed by atoms with Gasteiger partial charge in [-0.3, -0.25) is 18.6 Å². The molecule has 0 spiro atoms. The topological polar surface area (TPSA) is 175 Å². The van der Waals surface area contributed by atoms with Gasteiger partial charge in [0.1, 0.15) is 6.61 Å². The maximum atomic E-state index is 11.6. The zero-order valence-electron chi connectivity index (χ0n) is 13.3. The van der Waals surface area contributed by atoms with E-state index in [1.54, 1.807) is 6.92 Å². The first-order chi connectivity index (χ1) is 11.1. The minimum absolute atomic E-state index is 0. The van der Waals surface area contributed by atoms with E-state index in [9.17, 15) is 28.9 Å². The number of carboxylic acid groups (broad SMARTS) is 1. The third kappa shape index (κ3) is 13.7. The lowest BCUT2D eigenvalue weighted by molar-refractivity contribution is -0.308. The van der Waals surface area contributed by atoms with Gasteiger partial charge >= 0.3 is 19.8 Å². The van der Waals surface area contributed by atoms with E-state index in [1.165, 1.54) is 6.92 Å². The number of esters is 2. The van der Waals surface area contributed by atoms with E-state index in [0.717, 1.165) is 0 Å². The van der Waals surface area contributed by atoms with E-state index in [-0.39, 0.29) is 34.3 Å². The molecule has 0 aliphatic heterocycles. The molecule has 0 amide bonds. The van der Waals surface area contributed by atoms with Crippen LogP contribution in [0.4, 0.5) is 0 Å². The van der Waals surface area contributed by atoms with E-state index >= 15 is 0 Å². The summed E-state index contributed by atoms with van der Waals surface area (Å²) in [6, 6.07) is -1.62. The largest absolute Gasteiger partial charge is 0.548 e. The Morgan fingerprint density at radius 2 is 1.54 bits per heavy atom. The zero-order valence-corrected chi connectivity index (χ0v) is 14.2. The van der Waals surface area contributed by atoms with Gasteiger partial charge in [-0.2, -0.15) is 0 Å². The summed E-state index contributed by atoms with van der Waals surface area (Å²) in [6.07, 6.45) is -1.00. The van der Waals surface area contributed by atoms with Gasteiger partial charge in [0.2, 0.25) is 0 Å². The summed E-state index contributed by atoms with van der Waals surface area (Å²) in [5, 5.41) is 10.4. The standard InChI is InChI=1S/C12H22NO10P.2CH4/c1-3-10(14)20-5-8(23-11(15)4-2)6-21-24(18,19)22-7-9(13)12(16)17;;/h8-9H,3-7,13H2,1-2H3,(H,16,17)(H,18,19);2*1H4/p-1. The molecule has 0 aromatic rings. The molecule has 0 fully saturated rings. The van der Waals surface area contributed by atoms with E-state index in [0.29, 0.717) is 0 Å². The van der Waals surface area contributed by atoms with Gasteiger partial charge in [-0.1, -0.05) is 28.7 Å². The van der Waals surface area contributed by atoms with Crippen molar-refractivity contribution < 1.29 is 47.5 Å². The summed E-state index contributed by atoms with van der Waals surface area (Å²) in [4.78, 5) is 42.2. The van der Waals surface area contributed by atoms with Crippen LogP contribution in [0.25, 0.3) is 0 Å². The molecule has 3 unspecified atom stereocenters. The van der Waals surface area contributed by atoms with Crippen LogP contribution < -0.4 is 10.8 Å². The van der Waals surface area contributed by atoms with Crippen LogP contribution in [0.1, 0.15) is 41.5 Å². The third-order valence-corrected chi connectivity index (χ3v) is 3.40. The number of phosphoric ester groups is 1. The van der Waals surface area contributed by atoms with Crippen molar-refractivity contribution in [3.05, 3.63) is 0 Å². The van der Waals surface area contributed by atoms with Gasteiger partial charge in [-0.05, 0) is 0 Å². The predicted molar refractivity (Wildman–Crippen MR) is 89.6 cm³/mol. The van der Waals surface area contributed by atoms with Gasteiger partial charge in [-0.25, -0.2) is 4.57 Å².